The first-order valence-corrected chi connectivity index (χ1v) is 16.5. The lowest BCUT2D eigenvalue weighted by Gasteiger charge is -2.37. The maximum absolute atomic E-state index is 13.4. The summed E-state index contributed by atoms with van der Waals surface area (Å²) in [4.78, 5) is 29.5. The number of ether oxygens (including phenoxy) is 1. The molecule has 0 unspecified atom stereocenters. The Balaban J connectivity index is 1.05. The Morgan fingerprint density at radius 1 is 1.07 bits per heavy atom. The van der Waals surface area contributed by atoms with Gasteiger partial charge in [0.05, 0.1) is 10.4 Å². The molecule has 2 aliphatic heterocycles. The second-order valence-corrected chi connectivity index (χ2v) is 13.7. The number of aliphatic imine (C=N–C) groups is 1. The van der Waals surface area contributed by atoms with E-state index in [9.17, 15) is 13.2 Å². The number of nitrogens with zero attached hydrogens (tertiary/aromatic N) is 5. The number of aryl methyl sites for hydroxylation is 1. The van der Waals surface area contributed by atoms with Gasteiger partial charge in [0, 0.05) is 25.2 Å². The summed E-state index contributed by atoms with van der Waals surface area (Å²) in [5, 5.41) is 6.37. The number of aromatic nitrogens is 3. The zero-order valence-electron chi connectivity index (χ0n) is 24.2. The second kappa shape index (κ2) is 12.2. The van der Waals surface area contributed by atoms with E-state index in [0.717, 1.165) is 5.56 Å². The second-order valence-electron chi connectivity index (χ2n) is 10.7. The average molecular weight is 744 g/mol. The molecule has 16 heteroatoms. The minimum Gasteiger partial charge on any atom is -0.487 e. The number of nitrogens with two attached hydrogens (primary N) is 2. The maximum Gasteiger partial charge on any atom is 0.302 e. The van der Waals surface area contributed by atoms with E-state index < -0.39 is 21.5 Å². The van der Waals surface area contributed by atoms with Gasteiger partial charge in [0.25, 0.3) is 0 Å². The summed E-state index contributed by atoms with van der Waals surface area (Å²) in [7, 11) is -3.73. The molecule has 4 heterocycles. The van der Waals surface area contributed by atoms with Crippen molar-refractivity contribution >= 4 is 56.1 Å². The summed E-state index contributed by atoms with van der Waals surface area (Å²) < 4.78 is 40.4. The number of carbonyl (C=O) groups excluding carboxylic acids is 1. The van der Waals surface area contributed by atoms with Gasteiger partial charge in [-0.1, -0.05) is 18.2 Å². The Labute approximate surface area is 272 Å². The first kappa shape index (κ1) is 30.7. The van der Waals surface area contributed by atoms with Gasteiger partial charge in [-0.25, -0.2) is 23.4 Å². The van der Waals surface area contributed by atoms with Gasteiger partial charge in [0.2, 0.25) is 15.9 Å². The van der Waals surface area contributed by atoms with Gasteiger partial charge in [-0.3, -0.25) is 4.79 Å². The molecule has 6 N–H and O–H groups in total. The lowest BCUT2D eigenvalue weighted by atomic mass is 9.90. The number of benzene rings is 2. The number of piperidine rings is 1. The smallest absolute Gasteiger partial charge is 0.302 e. The fraction of sp³-hybridized carbons (Fsp3) is 0.276. The van der Waals surface area contributed by atoms with Gasteiger partial charge in [-0.2, -0.15) is 9.30 Å². The summed E-state index contributed by atoms with van der Waals surface area (Å²) in [6.07, 6.45) is 1.02. The molecule has 2 aromatic heterocycles. The molecular formula is C29H30IN9O5S. The zero-order chi connectivity index (χ0) is 31.8. The Hall–Kier alpha value is -4.29. The van der Waals surface area contributed by atoms with Crippen LogP contribution in [0.4, 0.5) is 11.6 Å². The van der Waals surface area contributed by atoms with Crippen LogP contribution in [0.3, 0.4) is 0 Å². The SMILES string of the molecule is Cc1oc(-c2ccccc2)nc1COc1ccc(S(=O)(=O)N2CCC3(CC2)CN/C(=N\C(=O)c2nc(I)c(N)nc2N)N3)cc1. The van der Waals surface area contributed by atoms with Gasteiger partial charge >= 0.3 is 5.91 Å². The van der Waals surface area contributed by atoms with Crippen molar-refractivity contribution in [1.82, 2.24) is 29.9 Å². The Morgan fingerprint density at radius 2 is 1.78 bits per heavy atom. The van der Waals surface area contributed by atoms with Crippen LogP contribution in [0.25, 0.3) is 11.5 Å². The highest BCUT2D eigenvalue weighted by atomic mass is 127. The number of anilines is 2. The van der Waals surface area contributed by atoms with Crippen molar-refractivity contribution in [1.29, 1.82) is 0 Å². The Kier molecular flexibility index (Phi) is 8.36. The van der Waals surface area contributed by atoms with Crippen LogP contribution in [0.2, 0.25) is 0 Å². The van der Waals surface area contributed by atoms with Crippen molar-refractivity contribution in [2.24, 2.45) is 4.99 Å². The van der Waals surface area contributed by atoms with Crippen LogP contribution in [0.15, 0.2) is 68.9 Å². The summed E-state index contributed by atoms with van der Waals surface area (Å²) in [6, 6.07) is 15.9. The number of carbonyl (C=O) groups is 1. The van der Waals surface area contributed by atoms with Gasteiger partial charge in [-0.05, 0) is 78.8 Å². The number of oxazole rings is 1. The largest absolute Gasteiger partial charge is 0.487 e. The summed E-state index contributed by atoms with van der Waals surface area (Å²) >= 11 is 1.87. The molecule has 6 rings (SSSR count). The highest BCUT2D eigenvalue weighted by molar-refractivity contribution is 14.1. The van der Waals surface area contributed by atoms with Crippen LogP contribution >= 0.6 is 22.6 Å². The molecule has 0 aliphatic carbocycles. The summed E-state index contributed by atoms with van der Waals surface area (Å²) in [5.41, 5.74) is 12.5. The molecule has 0 radical (unpaired) electrons. The van der Waals surface area contributed by atoms with Crippen LogP contribution < -0.4 is 26.8 Å². The van der Waals surface area contributed by atoms with Gasteiger partial charge < -0.3 is 31.3 Å². The zero-order valence-corrected chi connectivity index (χ0v) is 27.1. The molecule has 2 aliphatic rings. The van der Waals surface area contributed by atoms with Crippen LogP contribution in [0, 0.1) is 10.6 Å². The average Bonchev–Trinajstić information content (AvgIpc) is 3.61. The molecule has 234 valence electrons. The van der Waals surface area contributed by atoms with Gasteiger partial charge in [0.1, 0.15) is 27.5 Å². The highest BCUT2D eigenvalue weighted by Crippen LogP contribution is 2.29. The predicted octanol–water partition coefficient (Wildman–Crippen LogP) is 2.70. The van der Waals surface area contributed by atoms with Gasteiger partial charge in [-0.15, -0.1) is 0 Å². The number of amides is 1. The number of halogens is 1. The highest BCUT2D eigenvalue weighted by Gasteiger charge is 2.42. The van der Waals surface area contributed by atoms with E-state index >= 15 is 0 Å². The lowest BCUT2D eigenvalue weighted by Crippen LogP contribution is -2.53. The molecule has 2 aromatic carbocycles. The first-order chi connectivity index (χ1) is 21.5. The number of sulfonamides is 1. The van der Waals surface area contributed by atoms with Gasteiger partial charge in [0.15, 0.2) is 23.3 Å². The molecule has 14 nitrogen and oxygen atoms in total. The summed E-state index contributed by atoms with van der Waals surface area (Å²) in [5.74, 6) is 1.33. The van der Waals surface area contributed by atoms with Crippen molar-refractivity contribution in [3.8, 4) is 17.2 Å². The quantitative estimate of drug-likeness (QED) is 0.202. The van der Waals surface area contributed by atoms with Crippen LogP contribution in [-0.2, 0) is 16.6 Å². The Bertz CT molecular complexity index is 1870. The number of rotatable bonds is 7. The van der Waals surface area contributed by atoms with Crippen LogP contribution in [0.1, 0.15) is 34.8 Å². The molecule has 1 amide bonds. The minimum atomic E-state index is -3.73. The third-order valence-corrected chi connectivity index (χ3v) is 10.4. The van der Waals surface area contributed by atoms with E-state index in [1.807, 2.05) is 59.8 Å². The Morgan fingerprint density at radius 3 is 2.49 bits per heavy atom. The fourth-order valence-electron chi connectivity index (χ4n) is 5.14. The van der Waals surface area contributed by atoms with Crippen LogP contribution in [-0.4, -0.2) is 64.7 Å². The van der Waals surface area contributed by atoms with Crippen LogP contribution in [0.5, 0.6) is 5.75 Å². The van der Waals surface area contributed by atoms with E-state index in [1.165, 1.54) is 4.31 Å². The lowest BCUT2D eigenvalue weighted by molar-refractivity contribution is 0.0998. The fourth-order valence-corrected chi connectivity index (χ4v) is 6.95. The molecule has 0 atom stereocenters. The van der Waals surface area contributed by atoms with Crippen molar-refractivity contribution in [2.45, 2.75) is 36.8 Å². The van der Waals surface area contributed by atoms with Crippen molar-refractivity contribution in [2.75, 3.05) is 31.1 Å². The molecule has 1 spiro atoms. The molecule has 4 aromatic rings. The monoisotopic (exact) mass is 743 g/mol. The van der Waals surface area contributed by atoms with Crippen molar-refractivity contribution < 1.29 is 22.4 Å². The third kappa shape index (κ3) is 6.43. The molecule has 0 saturated carbocycles. The molecular weight excluding hydrogens is 713 g/mol. The van der Waals surface area contributed by atoms with E-state index in [0.29, 0.717) is 59.3 Å². The predicted molar refractivity (Wildman–Crippen MR) is 175 cm³/mol. The standard InChI is InChI=1S/C29H30IN9O5S/c1-17-21(34-27(44-17)18-5-3-2-4-6-18)15-43-19-7-9-20(10-8-19)45(41,42)39-13-11-29(12-14-39)16-33-28(38-29)37-26(40)22-24(31)36-25(32)23(30)35-22/h2-10H,11-16H2,1H3,(H4,31,32,36)(H2,33,37,38,40). The molecule has 45 heavy (non-hydrogen) atoms. The maximum atomic E-state index is 13.4. The molecule has 0 bridgehead atoms. The molecule has 2 saturated heterocycles. The minimum absolute atomic E-state index is 0.0894. The molecule has 2 fully saturated rings. The number of guanidine groups is 1. The van der Waals surface area contributed by atoms with E-state index in [-0.39, 0.29) is 34.8 Å². The first-order valence-electron chi connectivity index (χ1n) is 14.0. The summed E-state index contributed by atoms with van der Waals surface area (Å²) in [6.45, 7) is 3.08. The number of nitrogens with one attached hydrogen (secondary N) is 2. The number of hydrogen-bond donors (Lipinski definition) is 4. The topological polar surface area (TPSA) is 204 Å². The van der Waals surface area contributed by atoms with E-state index in [2.05, 4.69) is 30.6 Å². The number of hydrogen-bond acceptors (Lipinski definition) is 10. The van der Waals surface area contributed by atoms with Crippen molar-refractivity contribution in [3.05, 3.63) is 75.4 Å². The normalized spacial score (nSPS) is 17.2. The van der Waals surface area contributed by atoms with Crippen molar-refractivity contribution in [3.63, 3.8) is 0 Å². The number of nitrogen functional groups attached to an aromatic ring is 2. The third-order valence-electron chi connectivity index (χ3n) is 7.73. The van der Waals surface area contributed by atoms with E-state index in [4.69, 9.17) is 20.6 Å². The van der Waals surface area contributed by atoms with E-state index in [1.54, 1.807) is 24.3 Å².